The zero-order valence-electron chi connectivity index (χ0n) is 13.5. The van der Waals surface area contributed by atoms with Gasteiger partial charge in [-0.15, -0.1) is 0 Å². The lowest BCUT2D eigenvalue weighted by Gasteiger charge is -2.15. The molecular weight excluding hydrogens is 339 g/mol. The monoisotopic (exact) mass is 355 g/mol. The first-order valence-corrected chi connectivity index (χ1v) is 7.16. The van der Waals surface area contributed by atoms with Gasteiger partial charge in [0.1, 0.15) is 0 Å². The lowest BCUT2D eigenvalue weighted by molar-refractivity contribution is -0.137. The fraction of sp³-hybridized carbons (Fsp3) is 0.235. The molecule has 1 amide bonds. The molecule has 0 atom stereocenters. The van der Waals surface area contributed by atoms with Crippen LogP contribution in [0, 0.1) is 0 Å². The van der Waals surface area contributed by atoms with Gasteiger partial charge in [-0.25, -0.2) is 0 Å². The summed E-state index contributed by atoms with van der Waals surface area (Å²) < 4.78 is 54.3. The van der Waals surface area contributed by atoms with Crippen molar-refractivity contribution in [3.05, 3.63) is 48.0 Å². The van der Waals surface area contributed by atoms with Gasteiger partial charge in [-0.3, -0.25) is 4.79 Å². The van der Waals surface area contributed by atoms with Gasteiger partial charge in [0, 0.05) is 0 Å². The van der Waals surface area contributed by atoms with Crippen molar-refractivity contribution in [2.75, 3.05) is 26.1 Å². The van der Waals surface area contributed by atoms with Gasteiger partial charge in [-0.2, -0.15) is 13.2 Å². The van der Waals surface area contributed by atoms with Crippen LogP contribution in [-0.4, -0.2) is 26.7 Å². The Bertz CT molecular complexity index is 747. The maximum atomic E-state index is 12.9. The van der Waals surface area contributed by atoms with Crippen LogP contribution in [0.15, 0.2) is 42.5 Å². The molecule has 0 fully saturated rings. The van der Waals surface area contributed by atoms with Crippen molar-refractivity contribution >= 4 is 11.6 Å². The molecule has 2 rings (SSSR count). The first-order chi connectivity index (χ1) is 11.9. The van der Waals surface area contributed by atoms with E-state index in [0.717, 1.165) is 6.07 Å². The predicted octanol–water partition coefficient (Wildman–Crippen LogP) is 3.74. The van der Waals surface area contributed by atoms with Crippen LogP contribution >= 0.6 is 0 Å². The van der Waals surface area contributed by atoms with Gasteiger partial charge < -0.3 is 19.5 Å². The maximum Gasteiger partial charge on any atom is 0.418 e. The second kappa shape index (κ2) is 7.78. The summed E-state index contributed by atoms with van der Waals surface area (Å²) in [6, 6.07) is 9.54. The molecular formula is C17H16F3NO4. The highest BCUT2D eigenvalue weighted by atomic mass is 19.4. The summed E-state index contributed by atoms with van der Waals surface area (Å²) in [5.41, 5.74) is -1.26. The van der Waals surface area contributed by atoms with E-state index >= 15 is 0 Å². The standard InChI is InChI=1S/C17H16F3NO4/c1-23-13-8-5-9-14(16(13)24-2)25-10-15(22)21-12-7-4-3-6-11(12)17(18,19)20/h3-9H,10H2,1-2H3,(H,21,22). The Labute approximate surface area is 142 Å². The zero-order valence-corrected chi connectivity index (χ0v) is 13.5. The van der Waals surface area contributed by atoms with E-state index in [0.29, 0.717) is 5.75 Å². The van der Waals surface area contributed by atoms with E-state index in [4.69, 9.17) is 14.2 Å². The van der Waals surface area contributed by atoms with Crippen molar-refractivity contribution in [2.24, 2.45) is 0 Å². The van der Waals surface area contributed by atoms with Gasteiger partial charge in [-0.1, -0.05) is 18.2 Å². The van der Waals surface area contributed by atoms with Gasteiger partial charge in [0.2, 0.25) is 5.75 Å². The number of ether oxygens (including phenoxy) is 3. The van der Waals surface area contributed by atoms with Gasteiger partial charge in [0.05, 0.1) is 25.5 Å². The molecule has 2 aromatic rings. The van der Waals surface area contributed by atoms with Crippen LogP contribution in [0.2, 0.25) is 0 Å². The Hall–Kier alpha value is -2.90. The number of methoxy groups -OCH3 is 2. The van der Waals surface area contributed by atoms with E-state index < -0.39 is 24.3 Å². The first-order valence-electron chi connectivity index (χ1n) is 7.16. The molecule has 0 aliphatic heterocycles. The minimum atomic E-state index is -4.57. The van der Waals surface area contributed by atoms with E-state index in [9.17, 15) is 18.0 Å². The van der Waals surface area contributed by atoms with E-state index in [-0.39, 0.29) is 17.2 Å². The van der Waals surface area contributed by atoms with Crippen molar-refractivity contribution in [1.29, 1.82) is 0 Å². The third kappa shape index (κ3) is 4.56. The molecule has 0 spiro atoms. The molecule has 0 aliphatic rings. The minimum Gasteiger partial charge on any atom is -0.493 e. The number of rotatable bonds is 6. The molecule has 2 aromatic carbocycles. The van der Waals surface area contributed by atoms with E-state index in [2.05, 4.69) is 5.32 Å². The van der Waals surface area contributed by atoms with Crippen LogP contribution < -0.4 is 19.5 Å². The van der Waals surface area contributed by atoms with Crippen LogP contribution in [0.25, 0.3) is 0 Å². The fourth-order valence-electron chi connectivity index (χ4n) is 2.14. The molecule has 134 valence electrons. The zero-order chi connectivity index (χ0) is 18.4. The minimum absolute atomic E-state index is 0.237. The number of carbonyl (C=O) groups excluding carboxylic acids is 1. The molecule has 0 aromatic heterocycles. The number of halogens is 3. The number of alkyl halides is 3. The van der Waals surface area contributed by atoms with E-state index in [1.165, 1.54) is 32.4 Å². The number of carbonyl (C=O) groups is 1. The second-order valence-corrected chi connectivity index (χ2v) is 4.87. The molecule has 0 saturated carbocycles. The summed E-state index contributed by atoms with van der Waals surface area (Å²) in [6.07, 6.45) is -4.57. The molecule has 0 bridgehead atoms. The summed E-state index contributed by atoms with van der Waals surface area (Å²) in [7, 11) is 2.85. The number of anilines is 1. The Morgan fingerprint density at radius 1 is 1.00 bits per heavy atom. The number of benzene rings is 2. The molecule has 5 nitrogen and oxygen atoms in total. The van der Waals surface area contributed by atoms with Gasteiger partial charge >= 0.3 is 6.18 Å². The summed E-state index contributed by atoms with van der Waals surface area (Å²) in [6.45, 7) is -0.490. The van der Waals surface area contributed by atoms with Gasteiger partial charge in [-0.05, 0) is 24.3 Å². The summed E-state index contributed by atoms with van der Waals surface area (Å²) >= 11 is 0. The highest BCUT2D eigenvalue weighted by Gasteiger charge is 2.33. The second-order valence-electron chi connectivity index (χ2n) is 4.87. The molecule has 25 heavy (non-hydrogen) atoms. The van der Waals surface area contributed by atoms with Gasteiger partial charge in [0.25, 0.3) is 5.91 Å². The first kappa shape index (κ1) is 18.4. The molecule has 0 heterocycles. The topological polar surface area (TPSA) is 56.8 Å². The molecule has 8 heteroatoms. The van der Waals surface area contributed by atoms with Crippen LogP contribution in [0.4, 0.5) is 18.9 Å². The summed E-state index contributed by atoms with van der Waals surface area (Å²) in [5, 5.41) is 2.20. The Morgan fingerprint density at radius 2 is 1.68 bits per heavy atom. The van der Waals surface area contributed by atoms with Crippen LogP contribution in [0.3, 0.4) is 0 Å². The SMILES string of the molecule is COc1cccc(OCC(=O)Nc2ccccc2C(F)(F)F)c1OC. The average Bonchev–Trinajstić information content (AvgIpc) is 2.59. The van der Waals surface area contributed by atoms with Crippen LogP contribution in [0.5, 0.6) is 17.2 Å². The average molecular weight is 355 g/mol. The van der Waals surface area contributed by atoms with Crippen LogP contribution in [-0.2, 0) is 11.0 Å². The van der Waals surface area contributed by atoms with Crippen LogP contribution in [0.1, 0.15) is 5.56 Å². The fourth-order valence-corrected chi connectivity index (χ4v) is 2.14. The third-order valence-corrected chi connectivity index (χ3v) is 3.23. The number of nitrogens with one attached hydrogen (secondary N) is 1. The van der Waals surface area contributed by atoms with Crippen molar-refractivity contribution in [2.45, 2.75) is 6.18 Å². The third-order valence-electron chi connectivity index (χ3n) is 3.23. The molecule has 0 aliphatic carbocycles. The molecule has 0 unspecified atom stereocenters. The largest absolute Gasteiger partial charge is 0.493 e. The smallest absolute Gasteiger partial charge is 0.418 e. The van der Waals surface area contributed by atoms with Crippen molar-refractivity contribution in [3.63, 3.8) is 0 Å². The van der Waals surface area contributed by atoms with Crippen molar-refractivity contribution in [3.8, 4) is 17.2 Å². The Morgan fingerprint density at radius 3 is 2.32 bits per heavy atom. The van der Waals surface area contributed by atoms with Gasteiger partial charge in [0.15, 0.2) is 18.1 Å². The highest BCUT2D eigenvalue weighted by molar-refractivity contribution is 5.92. The summed E-state index contributed by atoms with van der Waals surface area (Å²) in [5.74, 6) is 0.194. The van der Waals surface area contributed by atoms with Crippen molar-refractivity contribution in [1.82, 2.24) is 0 Å². The van der Waals surface area contributed by atoms with E-state index in [1.807, 2.05) is 0 Å². The number of amides is 1. The Kier molecular flexibility index (Phi) is 5.74. The molecule has 0 saturated heterocycles. The highest BCUT2D eigenvalue weighted by Crippen LogP contribution is 2.37. The quantitative estimate of drug-likeness (QED) is 0.858. The number of hydrogen-bond donors (Lipinski definition) is 1. The lowest BCUT2D eigenvalue weighted by Crippen LogP contribution is -2.22. The summed E-state index contributed by atoms with van der Waals surface area (Å²) in [4.78, 5) is 11.9. The number of hydrogen-bond acceptors (Lipinski definition) is 4. The normalized spacial score (nSPS) is 10.9. The Balaban J connectivity index is 2.08. The predicted molar refractivity (Wildman–Crippen MR) is 85.1 cm³/mol. The lowest BCUT2D eigenvalue weighted by atomic mass is 10.1. The number of para-hydroxylation sites is 2. The van der Waals surface area contributed by atoms with E-state index in [1.54, 1.807) is 18.2 Å². The maximum absolute atomic E-state index is 12.9. The van der Waals surface area contributed by atoms with Crippen molar-refractivity contribution < 1.29 is 32.2 Å². The molecule has 1 N–H and O–H groups in total. The molecule has 0 radical (unpaired) electrons.